The molecule has 68 valence electrons. The van der Waals surface area contributed by atoms with Gasteiger partial charge in [-0.25, -0.2) is 0 Å². The van der Waals surface area contributed by atoms with Crippen LogP contribution in [0.5, 0.6) is 0 Å². The number of piperidine rings is 1. The second-order valence-electron chi connectivity index (χ2n) is 4.21. The molecule has 0 aromatic heterocycles. The van der Waals surface area contributed by atoms with Crippen LogP contribution in [0.1, 0.15) is 26.7 Å². The third-order valence-electron chi connectivity index (χ3n) is 2.97. The van der Waals surface area contributed by atoms with Crippen LogP contribution in [0, 0.1) is 5.92 Å². The molecule has 3 heteroatoms. The molecule has 2 aliphatic rings. The Bertz CT molecular complexity index is 213. The van der Waals surface area contributed by atoms with E-state index in [4.69, 9.17) is 4.74 Å². The van der Waals surface area contributed by atoms with Crippen molar-refractivity contribution >= 4 is 5.97 Å². The number of esters is 1. The summed E-state index contributed by atoms with van der Waals surface area (Å²) in [5.74, 6) is 0.309. The van der Waals surface area contributed by atoms with Crippen LogP contribution in [-0.2, 0) is 9.53 Å². The minimum absolute atomic E-state index is 0.0336. The molecule has 0 amide bonds. The van der Waals surface area contributed by atoms with Crippen molar-refractivity contribution in [3.63, 3.8) is 0 Å². The highest BCUT2D eigenvalue weighted by Crippen LogP contribution is 2.37. The fraction of sp³-hybridized carbons (Fsp3) is 0.889. The molecule has 2 aliphatic heterocycles. The van der Waals surface area contributed by atoms with Gasteiger partial charge in [0.05, 0.1) is 0 Å². The number of cyclic esters (lactones) is 1. The minimum Gasteiger partial charge on any atom is -0.458 e. The van der Waals surface area contributed by atoms with Crippen molar-refractivity contribution in [2.75, 3.05) is 6.54 Å². The Morgan fingerprint density at radius 2 is 2.33 bits per heavy atom. The number of nitrogens with one attached hydrogen (secondary N) is 1. The fourth-order valence-corrected chi connectivity index (χ4v) is 2.28. The molecule has 0 aliphatic carbocycles. The van der Waals surface area contributed by atoms with E-state index in [1.807, 2.05) is 13.8 Å². The van der Waals surface area contributed by atoms with Crippen LogP contribution in [0.25, 0.3) is 0 Å². The summed E-state index contributed by atoms with van der Waals surface area (Å²) in [5, 5.41) is 3.21. The lowest BCUT2D eigenvalue weighted by atomic mass is 9.82. The summed E-state index contributed by atoms with van der Waals surface area (Å²) in [4.78, 5) is 11.3. The van der Waals surface area contributed by atoms with Crippen LogP contribution in [0.15, 0.2) is 0 Å². The first-order valence-electron chi connectivity index (χ1n) is 4.57. The van der Waals surface area contributed by atoms with Crippen LogP contribution in [-0.4, -0.2) is 24.2 Å². The SMILES string of the molecule is CC1(C)OC(=O)C2NCCCC21. The van der Waals surface area contributed by atoms with Crippen molar-refractivity contribution in [1.82, 2.24) is 5.32 Å². The lowest BCUT2D eigenvalue weighted by Crippen LogP contribution is -2.45. The molecule has 2 unspecified atom stereocenters. The molecule has 0 aromatic rings. The van der Waals surface area contributed by atoms with Gasteiger partial charge < -0.3 is 10.1 Å². The first kappa shape index (κ1) is 8.05. The first-order valence-corrected chi connectivity index (χ1v) is 4.57. The Labute approximate surface area is 72.5 Å². The monoisotopic (exact) mass is 169 g/mol. The van der Waals surface area contributed by atoms with Crippen molar-refractivity contribution in [1.29, 1.82) is 0 Å². The van der Waals surface area contributed by atoms with Gasteiger partial charge in [0.2, 0.25) is 0 Å². The van der Waals surface area contributed by atoms with Crippen LogP contribution >= 0.6 is 0 Å². The van der Waals surface area contributed by atoms with Gasteiger partial charge in [0.25, 0.3) is 0 Å². The first-order chi connectivity index (χ1) is 5.61. The molecule has 2 heterocycles. The Balaban J connectivity index is 2.22. The Kier molecular flexibility index (Phi) is 1.65. The quantitative estimate of drug-likeness (QED) is 0.542. The van der Waals surface area contributed by atoms with Crippen LogP contribution in [0.3, 0.4) is 0 Å². The van der Waals surface area contributed by atoms with Gasteiger partial charge in [-0.2, -0.15) is 0 Å². The van der Waals surface area contributed by atoms with E-state index in [9.17, 15) is 4.79 Å². The summed E-state index contributed by atoms with van der Waals surface area (Å²) >= 11 is 0. The van der Waals surface area contributed by atoms with Crippen molar-refractivity contribution < 1.29 is 9.53 Å². The van der Waals surface area contributed by atoms with E-state index >= 15 is 0 Å². The van der Waals surface area contributed by atoms with E-state index in [-0.39, 0.29) is 17.6 Å². The zero-order chi connectivity index (χ0) is 8.77. The molecular weight excluding hydrogens is 154 g/mol. The van der Waals surface area contributed by atoms with E-state index in [1.54, 1.807) is 0 Å². The largest absolute Gasteiger partial charge is 0.458 e. The molecular formula is C9H15NO2. The van der Waals surface area contributed by atoms with Gasteiger partial charge in [0, 0.05) is 5.92 Å². The summed E-state index contributed by atoms with van der Waals surface area (Å²) < 4.78 is 5.29. The van der Waals surface area contributed by atoms with Gasteiger partial charge in [-0.1, -0.05) is 0 Å². The second kappa shape index (κ2) is 2.46. The van der Waals surface area contributed by atoms with Crippen molar-refractivity contribution in [3.8, 4) is 0 Å². The van der Waals surface area contributed by atoms with Gasteiger partial charge in [-0.3, -0.25) is 4.79 Å². The van der Waals surface area contributed by atoms with Crippen molar-refractivity contribution in [2.24, 2.45) is 5.92 Å². The van der Waals surface area contributed by atoms with Gasteiger partial charge >= 0.3 is 5.97 Å². The summed E-state index contributed by atoms with van der Waals surface area (Å²) in [7, 11) is 0. The number of hydrogen-bond donors (Lipinski definition) is 1. The summed E-state index contributed by atoms with van der Waals surface area (Å²) in [6.07, 6.45) is 2.26. The third-order valence-corrected chi connectivity index (χ3v) is 2.97. The summed E-state index contributed by atoms with van der Waals surface area (Å²) in [6.45, 7) is 4.96. The molecule has 0 aromatic carbocycles. The van der Waals surface area contributed by atoms with Gasteiger partial charge in [0.15, 0.2) is 0 Å². The highest BCUT2D eigenvalue weighted by Gasteiger charge is 2.50. The molecule has 1 N–H and O–H groups in total. The van der Waals surface area contributed by atoms with E-state index in [1.165, 1.54) is 0 Å². The maximum Gasteiger partial charge on any atom is 0.324 e. The van der Waals surface area contributed by atoms with E-state index < -0.39 is 0 Å². The normalized spacial score (nSPS) is 39.0. The van der Waals surface area contributed by atoms with Crippen molar-refractivity contribution in [2.45, 2.75) is 38.3 Å². The number of hydrogen-bond acceptors (Lipinski definition) is 3. The average molecular weight is 169 g/mol. The van der Waals surface area contributed by atoms with Crippen LogP contribution < -0.4 is 5.32 Å². The Morgan fingerprint density at radius 3 is 3.00 bits per heavy atom. The average Bonchev–Trinajstić information content (AvgIpc) is 2.25. The Hall–Kier alpha value is -0.570. The lowest BCUT2D eigenvalue weighted by molar-refractivity contribution is -0.147. The van der Waals surface area contributed by atoms with Crippen LogP contribution in [0.2, 0.25) is 0 Å². The molecule has 0 spiro atoms. The molecule has 0 saturated carbocycles. The molecule has 2 atom stereocenters. The molecule has 0 bridgehead atoms. The number of fused-ring (bicyclic) bond motifs is 1. The highest BCUT2D eigenvalue weighted by atomic mass is 16.6. The van der Waals surface area contributed by atoms with E-state index in [0.717, 1.165) is 19.4 Å². The van der Waals surface area contributed by atoms with Crippen molar-refractivity contribution in [3.05, 3.63) is 0 Å². The van der Waals surface area contributed by atoms with Crippen LogP contribution in [0.4, 0.5) is 0 Å². The third kappa shape index (κ3) is 1.04. The topological polar surface area (TPSA) is 38.3 Å². The smallest absolute Gasteiger partial charge is 0.324 e. The number of ether oxygens (including phenoxy) is 1. The Morgan fingerprint density at radius 1 is 1.58 bits per heavy atom. The molecule has 12 heavy (non-hydrogen) atoms. The summed E-state index contributed by atoms with van der Waals surface area (Å²) in [6, 6.07) is -0.0336. The number of carbonyl (C=O) groups is 1. The second-order valence-corrected chi connectivity index (χ2v) is 4.21. The maximum atomic E-state index is 11.3. The maximum absolute atomic E-state index is 11.3. The molecule has 2 saturated heterocycles. The standard InChI is InChI=1S/C9H15NO2/c1-9(2)6-4-3-5-10-7(6)8(11)12-9/h6-7,10H,3-5H2,1-2H3. The molecule has 2 fully saturated rings. The highest BCUT2D eigenvalue weighted by molar-refractivity contribution is 5.79. The molecule has 3 nitrogen and oxygen atoms in total. The summed E-state index contributed by atoms with van der Waals surface area (Å²) in [5.41, 5.74) is -0.255. The van der Waals surface area contributed by atoms with E-state index in [0.29, 0.717) is 5.92 Å². The van der Waals surface area contributed by atoms with E-state index in [2.05, 4.69) is 5.32 Å². The molecule has 0 radical (unpaired) electrons. The predicted molar refractivity (Wildman–Crippen MR) is 44.7 cm³/mol. The number of rotatable bonds is 0. The zero-order valence-corrected chi connectivity index (χ0v) is 7.59. The lowest BCUT2D eigenvalue weighted by Gasteiger charge is -2.30. The van der Waals surface area contributed by atoms with Gasteiger partial charge in [0.1, 0.15) is 11.6 Å². The predicted octanol–water partition coefficient (Wildman–Crippen LogP) is 0.690. The number of carbonyl (C=O) groups excluding carboxylic acids is 1. The molecule has 2 rings (SSSR count). The minimum atomic E-state index is -0.255. The zero-order valence-electron chi connectivity index (χ0n) is 7.59. The van der Waals surface area contributed by atoms with Gasteiger partial charge in [-0.05, 0) is 33.2 Å². The van der Waals surface area contributed by atoms with Gasteiger partial charge in [-0.15, -0.1) is 0 Å². The fourth-order valence-electron chi connectivity index (χ4n) is 2.28.